The molecule has 0 spiro atoms. The number of alkyl carbamates (subject to hydrolysis) is 4. The number of fused-ring (bicyclic) bond motifs is 2. The summed E-state index contributed by atoms with van der Waals surface area (Å²) in [7, 11) is 0. The predicted molar refractivity (Wildman–Crippen MR) is 191 cm³/mol. The zero-order valence-corrected chi connectivity index (χ0v) is 31.4. The van der Waals surface area contributed by atoms with E-state index in [-0.39, 0.29) is 45.5 Å². The van der Waals surface area contributed by atoms with Gasteiger partial charge < -0.3 is 18.9 Å². The Morgan fingerprint density at radius 2 is 0.692 bits per heavy atom. The third kappa shape index (κ3) is 12.8. The lowest BCUT2D eigenvalue weighted by Gasteiger charge is -2.22. The topological polar surface area (TPSA) is 212 Å². The number of ether oxygens (including phenoxy) is 4. The summed E-state index contributed by atoms with van der Waals surface area (Å²) in [5.74, 6) is -1.76. The van der Waals surface area contributed by atoms with Gasteiger partial charge in [-0.2, -0.15) is 0 Å². The van der Waals surface area contributed by atoms with Gasteiger partial charge in [0.15, 0.2) is 11.6 Å². The fourth-order valence-corrected chi connectivity index (χ4v) is 4.30. The van der Waals surface area contributed by atoms with Crippen molar-refractivity contribution in [2.75, 3.05) is 0 Å². The quantitative estimate of drug-likeness (QED) is 0.127. The summed E-state index contributed by atoms with van der Waals surface area (Å²) < 4.78 is 21.1. The second-order valence-electron chi connectivity index (χ2n) is 15.5. The minimum Gasteiger partial charge on any atom is -0.444 e. The van der Waals surface area contributed by atoms with Crippen molar-refractivity contribution in [2.45, 2.75) is 105 Å². The molecule has 0 saturated heterocycles. The Bertz CT molecular complexity index is 1640. The zero-order chi connectivity index (χ0) is 39.4. The standard InChI is InChI=1S/C36H46N6O10/c1-33(2,3)49-29(45)39-27(40-30(46)50-34(4,5)6)37-19-13-15-21-23(17-19)26(44)24-18-20(14-16-22(24)25(21)43)38-28(41-31(47)51-35(7,8)9)42-32(48)52-36(10,11)12/h13-18H,1-12H3,(H2,37,39,40,45,46)(H2,38,41,42,47,48). The number of nitrogens with zero attached hydrogens (tertiary/aromatic N) is 2. The Morgan fingerprint density at radius 1 is 0.442 bits per heavy atom. The minimum absolute atomic E-state index is 0.0206. The van der Waals surface area contributed by atoms with Crippen LogP contribution in [0.5, 0.6) is 0 Å². The van der Waals surface area contributed by atoms with Crippen molar-refractivity contribution >= 4 is 59.2 Å². The maximum absolute atomic E-state index is 13.9. The molecule has 0 unspecified atom stereocenters. The molecule has 280 valence electrons. The molecule has 0 aromatic heterocycles. The number of rotatable bonds is 2. The zero-order valence-electron chi connectivity index (χ0n) is 31.4. The van der Waals surface area contributed by atoms with E-state index in [4.69, 9.17) is 18.9 Å². The number of ketones is 2. The molecule has 0 bridgehead atoms. The van der Waals surface area contributed by atoms with E-state index in [9.17, 15) is 28.8 Å². The SMILES string of the molecule is CC(C)(C)OC(=O)NC(=Nc1ccc2c(c1)C(=O)c1cc(N=C(NC(=O)OC(C)(C)C)NC(=O)OC(C)(C)C)ccc1C2=O)NC(=O)OC(C)(C)C. The lowest BCUT2D eigenvalue weighted by molar-refractivity contribution is 0.0521. The molecule has 0 fully saturated rings. The Kier molecular flexibility index (Phi) is 11.9. The van der Waals surface area contributed by atoms with E-state index >= 15 is 0 Å². The lowest BCUT2D eigenvalue weighted by atomic mass is 9.83. The van der Waals surface area contributed by atoms with Crippen LogP contribution in [0.2, 0.25) is 0 Å². The summed E-state index contributed by atoms with van der Waals surface area (Å²) in [4.78, 5) is 86.2. The highest BCUT2D eigenvalue weighted by Gasteiger charge is 2.31. The second kappa shape index (κ2) is 15.2. The monoisotopic (exact) mass is 722 g/mol. The van der Waals surface area contributed by atoms with Crippen molar-refractivity contribution in [1.29, 1.82) is 0 Å². The van der Waals surface area contributed by atoms with Gasteiger partial charge in [0.25, 0.3) is 0 Å². The van der Waals surface area contributed by atoms with Crippen LogP contribution in [-0.4, -0.2) is 70.3 Å². The molecule has 52 heavy (non-hydrogen) atoms. The van der Waals surface area contributed by atoms with Gasteiger partial charge in [0.05, 0.1) is 11.4 Å². The number of amides is 4. The smallest absolute Gasteiger partial charge is 0.414 e. The first kappa shape index (κ1) is 40.6. The minimum atomic E-state index is -0.921. The van der Waals surface area contributed by atoms with Crippen molar-refractivity contribution in [3.8, 4) is 0 Å². The van der Waals surface area contributed by atoms with Crippen LogP contribution in [0, 0.1) is 0 Å². The van der Waals surface area contributed by atoms with Gasteiger partial charge in [-0.3, -0.25) is 30.9 Å². The molecule has 0 heterocycles. The van der Waals surface area contributed by atoms with E-state index in [0.29, 0.717) is 0 Å². The molecule has 0 saturated carbocycles. The molecule has 16 nitrogen and oxygen atoms in total. The third-order valence-electron chi connectivity index (χ3n) is 5.94. The molecule has 1 aliphatic rings. The summed E-state index contributed by atoms with van der Waals surface area (Å²) in [5.41, 5.74) is -3.15. The molecule has 2 aromatic rings. The van der Waals surface area contributed by atoms with Crippen LogP contribution >= 0.6 is 0 Å². The van der Waals surface area contributed by atoms with E-state index in [1.807, 2.05) is 0 Å². The summed E-state index contributed by atoms with van der Waals surface area (Å²) in [6, 6.07) is 8.30. The van der Waals surface area contributed by atoms with Gasteiger partial charge in [-0.1, -0.05) is 0 Å². The first-order valence-electron chi connectivity index (χ1n) is 16.2. The summed E-state index contributed by atoms with van der Waals surface area (Å²) in [6.07, 6.45) is -3.68. The summed E-state index contributed by atoms with van der Waals surface area (Å²) >= 11 is 0. The second-order valence-corrected chi connectivity index (χ2v) is 15.5. The van der Waals surface area contributed by atoms with Crippen LogP contribution in [0.3, 0.4) is 0 Å². The molecule has 16 heteroatoms. The Balaban J connectivity index is 2.02. The number of hydrogen-bond donors (Lipinski definition) is 4. The molecule has 1 aliphatic carbocycles. The van der Waals surface area contributed by atoms with Gasteiger partial charge in [0.1, 0.15) is 22.4 Å². The molecule has 4 amide bonds. The molecular formula is C36H46N6O10. The number of carbonyl (C=O) groups excluding carboxylic acids is 6. The van der Waals surface area contributed by atoms with Crippen molar-refractivity contribution in [2.24, 2.45) is 9.98 Å². The largest absolute Gasteiger partial charge is 0.444 e. The number of guanidine groups is 2. The molecule has 2 aromatic carbocycles. The molecule has 3 rings (SSSR count). The fourth-order valence-electron chi connectivity index (χ4n) is 4.30. The highest BCUT2D eigenvalue weighted by atomic mass is 16.6. The van der Waals surface area contributed by atoms with Gasteiger partial charge >= 0.3 is 24.4 Å². The number of nitrogens with one attached hydrogen (secondary N) is 4. The van der Waals surface area contributed by atoms with E-state index < -0.39 is 58.3 Å². The predicted octanol–water partition coefficient (Wildman–Crippen LogP) is 6.54. The van der Waals surface area contributed by atoms with Gasteiger partial charge in [0, 0.05) is 22.3 Å². The third-order valence-corrected chi connectivity index (χ3v) is 5.94. The molecule has 0 atom stereocenters. The van der Waals surface area contributed by atoms with E-state index in [2.05, 4.69) is 31.3 Å². The van der Waals surface area contributed by atoms with Crippen molar-refractivity contribution in [3.05, 3.63) is 58.7 Å². The van der Waals surface area contributed by atoms with Crippen LogP contribution in [0.4, 0.5) is 30.6 Å². The number of hydrogen-bond acceptors (Lipinski definition) is 12. The number of aliphatic imine (C=N–C) groups is 2. The summed E-state index contributed by atoms with van der Waals surface area (Å²) in [6.45, 7) is 19.8. The van der Waals surface area contributed by atoms with Crippen molar-refractivity contribution in [1.82, 2.24) is 21.3 Å². The Labute approximate surface area is 302 Å². The average Bonchev–Trinajstić information content (AvgIpc) is 2.91. The molecule has 0 aliphatic heterocycles. The number of benzene rings is 2. The first-order valence-corrected chi connectivity index (χ1v) is 16.2. The van der Waals surface area contributed by atoms with Gasteiger partial charge in [0.2, 0.25) is 11.9 Å². The summed E-state index contributed by atoms with van der Waals surface area (Å²) in [5, 5.41) is 9.46. The Morgan fingerprint density at radius 3 is 0.942 bits per heavy atom. The van der Waals surface area contributed by atoms with Crippen LogP contribution in [0.1, 0.15) is 115 Å². The van der Waals surface area contributed by atoms with E-state index in [1.165, 1.54) is 36.4 Å². The van der Waals surface area contributed by atoms with Crippen molar-refractivity contribution in [3.63, 3.8) is 0 Å². The number of carbonyl (C=O) groups is 6. The average molecular weight is 723 g/mol. The van der Waals surface area contributed by atoms with Gasteiger partial charge in [-0.05, 0) is 119 Å². The lowest BCUT2D eigenvalue weighted by Crippen LogP contribution is -2.47. The van der Waals surface area contributed by atoms with Crippen LogP contribution < -0.4 is 21.3 Å². The van der Waals surface area contributed by atoms with Crippen LogP contribution in [0.25, 0.3) is 0 Å². The first-order chi connectivity index (χ1) is 23.7. The molecule has 0 radical (unpaired) electrons. The van der Waals surface area contributed by atoms with E-state index in [0.717, 1.165) is 0 Å². The van der Waals surface area contributed by atoms with Crippen LogP contribution in [0.15, 0.2) is 46.4 Å². The fraction of sp³-hybridized carbons (Fsp3) is 0.444. The molecule has 4 N–H and O–H groups in total. The van der Waals surface area contributed by atoms with Gasteiger partial charge in [-0.25, -0.2) is 29.2 Å². The van der Waals surface area contributed by atoms with Crippen LogP contribution in [-0.2, 0) is 18.9 Å². The van der Waals surface area contributed by atoms with E-state index in [1.54, 1.807) is 83.1 Å². The normalized spacial score (nSPS) is 12.6. The van der Waals surface area contributed by atoms with Gasteiger partial charge in [-0.15, -0.1) is 0 Å². The highest BCUT2D eigenvalue weighted by molar-refractivity contribution is 6.29. The maximum Gasteiger partial charge on any atom is 0.414 e. The Hall–Kier alpha value is -5.80. The highest BCUT2D eigenvalue weighted by Crippen LogP contribution is 2.32. The maximum atomic E-state index is 13.9. The van der Waals surface area contributed by atoms with Crippen molar-refractivity contribution < 1.29 is 47.7 Å². The molecular weight excluding hydrogens is 676 g/mol.